The van der Waals surface area contributed by atoms with Crippen LogP contribution in [0.2, 0.25) is 0 Å². The third-order valence-electron chi connectivity index (χ3n) is 4.65. The number of aromatic nitrogens is 3. The summed E-state index contributed by atoms with van der Waals surface area (Å²) >= 11 is 0. The molecule has 2 aromatic carbocycles. The summed E-state index contributed by atoms with van der Waals surface area (Å²) in [6, 6.07) is 7.92. The topological polar surface area (TPSA) is 72.4 Å². The Morgan fingerprint density at radius 1 is 1.24 bits per heavy atom. The van der Waals surface area contributed by atoms with Crippen molar-refractivity contribution in [2.45, 2.75) is 38.6 Å². The number of alkyl halides is 3. The van der Waals surface area contributed by atoms with Gasteiger partial charge in [-0.05, 0) is 43.2 Å². The van der Waals surface area contributed by atoms with Crippen molar-refractivity contribution in [2.24, 2.45) is 0 Å². The van der Waals surface area contributed by atoms with Gasteiger partial charge in [-0.2, -0.15) is 13.2 Å². The van der Waals surface area contributed by atoms with E-state index in [1.54, 1.807) is 25.1 Å². The van der Waals surface area contributed by atoms with Gasteiger partial charge >= 0.3 is 6.18 Å². The largest absolute Gasteiger partial charge is 0.416 e. The molecule has 1 heterocycles. The van der Waals surface area contributed by atoms with E-state index in [1.165, 1.54) is 13.0 Å². The van der Waals surface area contributed by atoms with Crippen LogP contribution in [-0.4, -0.2) is 31.5 Å². The number of hydrogen-bond acceptors (Lipinski definition) is 4. The maximum Gasteiger partial charge on any atom is 0.416 e. The van der Waals surface area contributed by atoms with E-state index in [2.05, 4.69) is 15.2 Å². The van der Waals surface area contributed by atoms with Crippen LogP contribution in [0, 0.1) is 13.5 Å². The summed E-state index contributed by atoms with van der Waals surface area (Å²) in [5.41, 5.74) is -0.620. The standard InChI is InChI=1S/C20H17F3N4O2/c1-12-8-13(4-6-15(12)24-3)9-18(28)19(2,29)11-27-17-10-14(20(21,22)23)5-7-16(17)25-26-27/h4-8,10,29H,9,11H2,1-2H3/t19-/m0/s1. The first-order valence-corrected chi connectivity index (χ1v) is 8.64. The number of ketones is 1. The molecule has 0 unspecified atom stereocenters. The SMILES string of the molecule is [C-]#[N+]c1ccc(CC(=O)[C@@](C)(O)Cn2nnc3ccc(C(F)(F)F)cc32)cc1C. The second-order valence-corrected chi connectivity index (χ2v) is 7.05. The normalized spacial score (nSPS) is 13.8. The molecule has 0 amide bonds. The quantitative estimate of drug-likeness (QED) is 0.658. The van der Waals surface area contributed by atoms with Crippen LogP contribution >= 0.6 is 0 Å². The summed E-state index contributed by atoms with van der Waals surface area (Å²) in [6.07, 6.45) is -4.62. The van der Waals surface area contributed by atoms with Crippen molar-refractivity contribution in [1.82, 2.24) is 15.0 Å². The van der Waals surface area contributed by atoms with Crippen molar-refractivity contribution in [3.05, 3.63) is 64.5 Å². The lowest BCUT2D eigenvalue weighted by Gasteiger charge is -2.22. The van der Waals surface area contributed by atoms with Crippen LogP contribution < -0.4 is 0 Å². The van der Waals surface area contributed by atoms with Gasteiger partial charge in [-0.15, -0.1) is 5.10 Å². The molecule has 0 saturated carbocycles. The third kappa shape index (κ3) is 4.27. The molecule has 0 fully saturated rings. The fourth-order valence-electron chi connectivity index (χ4n) is 2.97. The van der Waals surface area contributed by atoms with E-state index in [4.69, 9.17) is 6.57 Å². The van der Waals surface area contributed by atoms with Gasteiger partial charge in [-0.25, -0.2) is 9.53 Å². The number of benzene rings is 2. The van der Waals surface area contributed by atoms with Crippen LogP contribution in [0.4, 0.5) is 18.9 Å². The fraction of sp³-hybridized carbons (Fsp3) is 0.300. The van der Waals surface area contributed by atoms with Gasteiger partial charge in [0.2, 0.25) is 0 Å². The minimum atomic E-state index is -4.53. The number of aryl methyl sites for hydroxylation is 1. The van der Waals surface area contributed by atoms with Gasteiger partial charge in [0, 0.05) is 6.42 Å². The zero-order chi connectivity index (χ0) is 21.4. The minimum Gasteiger partial charge on any atom is -0.380 e. The maximum atomic E-state index is 13.0. The molecule has 0 saturated heterocycles. The highest BCUT2D eigenvalue weighted by Crippen LogP contribution is 2.31. The van der Waals surface area contributed by atoms with Gasteiger partial charge in [0.25, 0.3) is 0 Å². The summed E-state index contributed by atoms with van der Waals surface area (Å²) in [4.78, 5) is 16.0. The molecule has 3 rings (SSSR count). The molecular formula is C20H17F3N4O2. The second kappa shape index (κ2) is 7.29. The zero-order valence-corrected chi connectivity index (χ0v) is 15.7. The van der Waals surface area contributed by atoms with E-state index in [-0.39, 0.29) is 24.0 Å². The van der Waals surface area contributed by atoms with Gasteiger partial charge in [-0.3, -0.25) is 4.79 Å². The Morgan fingerprint density at radius 3 is 2.59 bits per heavy atom. The zero-order valence-electron chi connectivity index (χ0n) is 15.7. The molecule has 0 aliphatic rings. The van der Waals surface area contributed by atoms with E-state index in [9.17, 15) is 23.1 Å². The number of nitrogens with zero attached hydrogens (tertiary/aromatic N) is 4. The van der Waals surface area contributed by atoms with Crippen LogP contribution in [0.25, 0.3) is 15.9 Å². The van der Waals surface area contributed by atoms with Crippen molar-refractivity contribution in [3.8, 4) is 0 Å². The van der Waals surface area contributed by atoms with Crippen molar-refractivity contribution in [3.63, 3.8) is 0 Å². The average Bonchev–Trinajstić information content (AvgIpc) is 3.03. The summed E-state index contributed by atoms with van der Waals surface area (Å²) in [5.74, 6) is -0.525. The molecular weight excluding hydrogens is 385 g/mol. The number of aliphatic hydroxyl groups is 1. The van der Waals surface area contributed by atoms with Crippen LogP contribution in [0.3, 0.4) is 0 Å². The fourth-order valence-corrected chi connectivity index (χ4v) is 2.97. The monoisotopic (exact) mass is 402 g/mol. The number of fused-ring (bicyclic) bond motifs is 1. The predicted octanol–water partition coefficient (Wildman–Crippen LogP) is 3.87. The molecule has 3 aromatic rings. The summed E-state index contributed by atoms with van der Waals surface area (Å²) < 4.78 is 40.0. The van der Waals surface area contributed by atoms with Crippen molar-refractivity contribution in [2.75, 3.05) is 0 Å². The Bertz CT molecular complexity index is 1130. The van der Waals surface area contributed by atoms with Crippen molar-refractivity contribution in [1.29, 1.82) is 0 Å². The molecule has 1 atom stereocenters. The van der Waals surface area contributed by atoms with Gasteiger partial charge < -0.3 is 5.11 Å². The Kier molecular flexibility index (Phi) is 5.15. The predicted molar refractivity (Wildman–Crippen MR) is 99.3 cm³/mol. The van der Waals surface area contributed by atoms with Crippen molar-refractivity contribution >= 4 is 22.5 Å². The smallest absolute Gasteiger partial charge is 0.380 e. The number of rotatable bonds is 5. The van der Waals surface area contributed by atoms with Crippen LogP contribution in [0.1, 0.15) is 23.6 Å². The van der Waals surface area contributed by atoms with Gasteiger partial charge in [0.1, 0.15) is 11.1 Å². The highest BCUT2D eigenvalue weighted by molar-refractivity contribution is 5.89. The van der Waals surface area contributed by atoms with E-state index in [1.807, 2.05) is 0 Å². The number of carbonyl (C=O) groups excluding carboxylic acids is 1. The molecule has 0 aliphatic carbocycles. The first-order chi connectivity index (χ1) is 13.5. The lowest BCUT2D eigenvalue weighted by molar-refractivity contribution is -0.138. The second-order valence-electron chi connectivity index (χ2n) is 7.05. The molecule has 6 nitrogen and oxygen atoms in total. The minimum absolute atomic E-state index is 0.0742. The maximum absolute atomic E-state index is 13.0. The van der Waals surface area contributed by atoms with Gasteiger partial charge in [0.05, 0.1) is 24.2 Å². The molecule has 0 bridgehead atoms. The van der Waals surface area contributed by atoms with Crippen LogP contribution in [0.5, 0.6) is 0 Å². The first kappa shape index (κ1) is 20.5. The van der Waals surface area contributed by atoms with Crippen LogP contribution in [0.15, 0.2) is 36.4 Å². The summed E-state index contributed by atoms with van der Waals surface area (Å²) in [5, 5.41) is 18.2. The highest BCUT2D eigenvalue weighted by Gasteiger charge is 2.33. The first-order valence-electron chi connectivity index (χ1n) is 8.64. The van der Waals surface area contributed by atoms with Gasteiger partial charge in [0.15, 0.2) is 11.5 Å². The highest BCUT2D eigenvalue weighted by atomic mass is 19.4. The number of hydrogen-bond donors (Lipinski definition) is 1. The van der Waals surface area contributed by atoms with Crippen LogP contribution in [-0.2, 0) is 23.9 Å². The van der Waals surface area contributed by atoms with E-state index >= 15 is 0 Å². The van der Waals surface area contributed by atoms with Gasteiger partial charge in [-0.1, -0.05) is 23.4 Å². The van der Waals surface area contributed by atoms with E-state index in [0.717, 1.165) is 16.8 Å². The molecule has 0 aliphatic heterocycles. The summed E-state index contributed by atoms with van der Waals surface area (Å²) in [6.45, 7) is 9.75. The Morgan fingerprint density at radius 2 is 1.97 bits per heavy atom. The molecule has 1 N–H and O–H groups in total. The lowest BCUT2D eigenvalue weighted by Crippen LogP contribution is -2.41. The third-order valence-corrected chi connectivity index (χ3v) is 4.65. The van der Waals surface area contributed by atoms with Crippen molar-refractivity contribution < 1.29 is 23.1 Å². The molecule has 9 heteroatoms. The Labute approximate surface area is 164 Å². The molecule has 0 radical (unpaired) electrons. The molecule has 29 heavy (non-hydrogen) atoms. The molecule has 0 spiro atoms. The number of Topliss-reactive ketones (excluding diaryl/α,β-unsaturated/α-hetero) is 1. The number of carbonyl (C=O) groups is 1. The average molecular weight is 402 g/mol. The lowest BCUT2D eigenvalue weighted by atomic mass is 9.94. The van der Waals surface area contributed by atoms with E-state index in [0.29, 0.717) is 16.8 Å². The number of halogens is 3. The molecule has 150 valence electrons. The Balaban J connectivity index is 1.84. The van der Waals surface area contributed by atoms with E-state index < -0.39 is 23.1 Å². The summed E-state index contributed by atoms with van der Waals surface area (Å²) in [7, 11) is 0. The molecule has 1 aromatic heterocycles. The Hall–Kier alpha value is -3.25.